The van der Waals surface area contributed by atoms with E-state index in [-0.39, 0.29) is 11.4 Å². The van der Waals surface area contributed by atoms with Crippen molar-refractivity contribution < 1.29 is 9.18 Å². The van der Waals surface area contributed by atoms with E-state index in [1.165, 1.54) is 35.0 Å². The van der Waals surface area contributed by atoms with Gasteiger partial charge in [0.25, 0.3) is 5.56 Å². The summed E-state index contributed by atoms with van der Waals surface area (Å²) in [6, 6.07) is 11.9. The molecule has 0 radical (unpaired) electrons. The molecular weight excluding hydrogens is 349 g/mol. The fourth-order valence-corrected chi connectivity index (χ4v) is 2.43. The summed E-state index contributed by atoms with van der Waals surface area (Å²) in [5.74, 6) is -0.368. The number of carbonyl (C=O) groups is 1. The average Bonchev–Trinajstić information content (AvgIpc) is 2.69. The fourth-order valence-electron chi connectivity index (χ4n) is 2.43. The summed E-state index contributed by atoms with van der Waals surface area (Å²) in [5, 5.41) is 9.64. The second kappa shape index (κ2) is 8.70. The van der Waals surface area contributed by atoms with Crippen molar-refractivity contribution >= 4 is 11.7 Å². The predicted octanol–water partition coefficient (Wildman–Crippen LogP) is 2.66. The molecule has 2 N–H and O–H groups in total. The Hall–Kier alpha value is -3.55. The van der Waals surface area contributed by atoms with Gasteiger partial charge in [-0.25, -0.2) is 13.9 Å². The fraction of sp³-hybridized carbons (Fsp3) is 0.158. The van der Waals surface area contributed by atoms with Crippen molar-refractivity contribution in [3.63, 3.8) is 0 Å². The monoisotopic (exact) mass is 367 g/mol. The van der Waals surface area contributed by atoms with E-state index in [1.54, 1.807) is 18.5 Å². The van der Waals surface area contributed by atoms with Gasteiger partial charge in [-0.05, 0) is 48.9 Å². The van der Waals surface area contributed by atoms with Gasteiger partial charge in [-0.2, -0.15) is 5.10 Å². The maximum absolute atomic E-state index is 12.8. The van der Waals surface area contributed by atoms with Crippen LogP contribution < -0.4 is 16.2 Å². The molecule has 7 nitrogen and oxygen atoms in total. The van der Waals surface area contributed by atoms with Crippen LogP contribution in [0.3, 0.4) is 0 Å². The second-order valence-corrected chi connectivity index (χ2v) is 5.76. The van der Waals surface area contributed by atoms with Crippen LogP contribution in [0.4, 0.5) is 14.9 Å². The van der Waals surface area contributed by atoms with Crippen molar-refractivity contribution in [3.05, 3.63) is 77.1 Å². The highest BCUT2D eigenvalue weighted by molar-refractivity contribution is 5.89. The number of urea groups is 1. The molecule has 3 aromatic rings. The Morgan fingerprint density at radius 2 is 1.78 bits per heavy atom. The zero-order valence-corrected chi connectivity index (χ0v) is 14.4. The lowest BCUT2D eigenvalue weighted by Gasteiger charge is -2.09. The molecule has 2 amide bonds. The van der Waals surface area contributed by atoms with Gasteiger partial charge in [0.2, 0.25) is 0 Å². The van der Waals surface area contributed by atoms with E-state index in [1.807, 2.05) is 12.1 Å². The van der Waals surface area contributed by atoms with Crippen molar-refractivity contribution in [2.24, 2.45) is 0 Å². The summed E-state index contributed by atoms with van der Waals surface area (Å²) in [4.78, 5) is 27.7. The SMILES string of the molecule is O=C(NCCCn1nc(-c2ccncc2)ccc1=O)Nc1ccc(F)cc1. The molecule has 27 heavy (non-hydrogen) atoms. The summed E-state index contributed by atoms with van der Waals surface area (Å²) in [5.41, 5.74) is 1.84. The van der Waals surface area contributed by atoms with Crippen molar-refractivity contribution in [2.75, 3.05) is 11.9 Å². The number of amides is 2. The highest BCUT2D eigenvalue weighted by Crippen LogP contribution is 2.13. The number of hydrogen-bond donors (Lipinski definition) is 2. The summed E-state index contributed by atoms with van der Waals surface area (Å²) in [6.07, 6.45) is 3.86. The summed E-state index contributed by atoms with van der Waals surface area (Å²) in [6.45, 7) is 0.731. The van der Waals surface area contributed by atoms with Crippen LogP contribution in [0.2, 0.25) is 0 Å². The Kier molecular flexibility index (Phi) is 5.88. The van der Waals surface area contributed by atoms with E-state index in [9.17, 15) is 14.0 Å². The van der Waals surface area contributed by atoms with Gasteiger partial charge in [-0.15, -0.1) is 0 Å². The minimum absolute atomic E-state index is 0.205. The van der Waals surface area contributed by atoms with Crippen LogP contribution in [0.5, 0.6) is 0 Å². The number of carbonyl (C=O) groups excluding carboxylic acids is 1. The van der Waals surface area contributed by atoms with Crippen molar-refractivity contribution in [2.45, 2.75) is 13.0 Å². The second-order valence-electron chi connectivity index (χ2n) is 5.76. The van der Waals surface area contributed by atoms with Crippen LogP contribution in [0, 0.1) is 5.82 Å². The largest absolute Gasteiger partial charge is 0.338 e. The number of hydrogen-bond acceptors (Lipinski definition) is 4. The van der Waals surface area contributed by atoms with Crippen molar-refractivity contribution in [1.82, 2.24) is 20.1 Å². The van der Waals surface area contributed by atoms with Gasteiger partial charge in [-0.1, -0.05) is 0 Å². The minimum Gasteiger partial charge on any atom is -0.338 e. The third-order valence-corrected chi connectivity index (χ3v) is 3.78. The van der Waals surface area contributed by atoms with Crippen LogP contribution in [0.1, 0.15) is 6.42 Å². The van der Waals surface area contributed by atoms with Gasteiger partial charge in [0.1, 0.15) is 5.82 Å². The summed E-state index contributed by atoms with van der Waals surface area (Å²) in [7, 11) is 0. The van der Waals surface area contributed by atoms with Gasteiger partial charge >= 0.3 is 6.03 Å². The third kappa shape index (κ3) is 5.21. The van der Waals surface area contributed by atoms with E-state index >= 15 is 0 Å². The first-order valence-electron chi connectivity index (χ1n) is 8.41. The maximum atomic E-state index is 12.8. The van der Waals surface area contributed by atoms with E-state index in [0.29, 0.717) is 30.9 Å². The Bertz CT molecular complexity index is 958. The summed E-state index contributed by atoms with van der Waals surface area (Å²) >= 11 is 0. The highest BCUT2D eigenvalue weighted by Gasteiger charge is 2.05. The minimum atomic E-state index is -0.396. The number of aromatic nitrogens is 3. The molecule has 0 atom stereocenters. The normalized spacial score (nSPS) is 10.4. The van der Waals surface area contributed by atoms with Crippen LogP contribution in [0.15, 0.2) is 65.7 Å². The van der Waals surface area contributed by atoms with Crippen molar-refractivity contribution in [3.8, 4) is 11.3 Å². The lowest BCUT2D eigenvalue weighted by Crippen LogP contribution is -2.31. The molecule has 0 unspecified atom stereocenters. The number of benzene rings is 1. The number of nitrogens with zero attached hydrogens (tertiary/aromatic N) is 3. The van der Waals surface area contributed by atoms with Gasteiger partial charge in [0.05, 0.1) is 5.69 Å². The van der Waals surface area contributed by atoms with Crippen LogP contribution in [0.25, 0.3) is 11.3 Å². The molecule has 0 aliphatic heterocycles. The van der Waals surface area contributed by atoms with Crippen molar-refractivity contribution in [1.29, 1.82) is 0 Å². The summed E-state index contributed by atoms with van der Waals surface area (Å²) < 4.78 is 14.2. The molecule has 138 valence electrons. The van der Waals surface area contributed by atoms with Gasteiger partial charge in [-0.3, -0.25) is 9.78 Å². The van der Waals surface area contributed by atoms with E-state index in [4.69, 9.17) is 0 Å². The van der Waals surface area contributed by atoms with Gasteiger partial charge in [0.15, 0.2) is 0 Å². The number of aryl methyl sites for hydroxylation is 1. The number of anilines is 1. The molecule has 0 saturated heterocycles. The number of halogens is 1. The average molecular weight is 367 g/mol. The first-order valence-corrected chi connectivity index (χ1v) is 8.41. The lowest BCUT2D eigenvalue weighted by molar-refractivity contribution is 0.251. The van der Waals surface area contributed by atoms with Crippen LogP contribution >= 0.6 is 0 Å². The zero-order valence-electron chi connectivity index (χ0n) is 14.4. The molecule has 3 rings (SSSR count). The highest BCUT2D eigenvalue weighted by atomic mass is 19.1. The molecule has 1 aromatic carbocycles. The topological polar surface area (TPSA) is 88.9 Å². The molecular formula is C19H18FN5O2. The number of nitrogens with one attached hydrogen (secondary N) is 2. The van der Waals surface area contributed by atoms with Gasteiger partial charge in [0, 0.05) is 42.8 Å². The Morgan fingerprint density at radius 1 is 1.04 bits per heavy atom. The third-order valence-electron chi connectivity index (χ3n) is 3.78. The van der Waals surface area contributed by atoms with Gasteiger partial charge < -0.3 is 10.6 Å². The molecule has 0 saturated carbocycles. The first kappa shape index (κ1) is 18.2. The molecule has 2 aromatic heterocycles. The van der Waals surface area contributed by atoms with E-state index in [2.05, 4.69) is 20.7 Å². The Balaban J connectivity index is 1.51. The van der Waals surface area contributed by atoms with E-state index in [0.717, 1.165) is 5.56 Å². The quantitative estimate of drug-likeness (QED) is 0.656. The predicted molar refractivity (Wildman–Crippen MR) is 99.8 cm³/mol. The lowest BCUT2D eigenvalue weighted by atomic mass is 10.2. The van der Waals surface area contributed by atoms with Crippen LogP contribution in [-0.4, -0.2) is 27.3 Å². The maximum Gasteiger partial charge on any atom is 0.319 e. The zero-order chi connectivity index (χ0) is 19.1. The molecule has 0 aliphatic carbocycles. The molecule has 0 bridgehead atoms. The molecule has 2 heterocycles. The van der Waals surface area contributed by atoms with E-state index < -0.39 is 6.03 Å². The number of rotatable bonds is 6. The Morgan fingerprint density at radius 3 is 2.52 bits per heavy atom. The molecule has 0 spiro atoms. The molecule has 0 fully saturated rings. The van der Waals surface area contributed by atoms with Crippen LogP contribution in [-0.2, 0) is 6.54 Å². The number of pyridine rings is 1. The smallest absolute Gasteiger partial charge is 0.319 e. The standard InChI is InChI=1S/C19H18FN5O2/c20-15-2-4-16(5-3-15)23-19(27)22-10-1-13-25-18(26)7-6-17(24-25)14-8-11-21-12-9-14/h2-9,11-12H,1,10,13H2,(H2,22,23,27). The molecule has 8 heteroatoms. The molecule has 0 aliphatic rings. The first-order chi connectivity index (χ1) is 13.1. The Labute approximate surface area is 154 Å².